The molecule has 2 rings (SSSR count). The second kappa shape index (κ2) is 2.89. The number of para-hydroxylation sites is 1. The van der Waals surface area contributed by atoms with Crippen molar-refractivity contribution in [2.24, 2.45) is 0 Å². The normalized spacial score (nSPS) is 18.3. The van der Waals surface area contributed by atoms with Crippen LogP contribution in [0.25, 0.3) is 0 Å². The van der Waals surface area contributed by atoms with E-state index in [4.69, 9.17) is 0 Å². The number of hydrogen-bond donors (Lipinski definition) is 2. The van der Waals surface area contributed by atoms with E-state index in [1.54, 1.807) is 12.1 Å². The fourth-order valence-corrected chi connectivity index (χ4v) is 1.66. The van der Waals surface area contributed by atoms with Gasteiger partial charge in [0.25, 0.3) is 0 Å². The molecule has 1 aliphatic heterocycles. The van der Waals surface area contributed by atoms with Crippen LogP contribution in [0.4, 0.5) is 11.4 Å². The third kappa shape index (κ3) is 1.25. The van der Waals surface area contributed by atoms with Crippen LogP contribution in [0.1, 0.15) is 13.8 Å². The van der Waals surface area contributed by atoms with Crippen molar-refractivity contribution < 1.29 is 9.90 Å². The van der Waals surface area contributed by atoms with Crippen molar-refractivity contribution in [1.82, 2.24) is 0 Å². The fraction of sp³-hybridized carbons (Fsp3) is 0.364. The zero-order chi connectivity index (χ0) is 11.2. The van der Waals surface area contributed by atoms with Gasteiger partial charge in [-0.05, 0) is 26.0 Å². The van der Waals surface area contributed by atoms with Gasteiger partial charge in [0.2, 0.25) is 5.91 Å². The molecule has 0 aliphatic carbocycles. The van der Waals surface area contributed by atoms with E-state index < -0.39 is 5.54 Å². The van der Waals surface area contributed by atoms with E-state index >= 15 is 0 Å². The van der Waals surface area contributed by atoms with Crippen LogP contribution in [-0.2, 0) is 4.79 Å². The van der Waals surface area contributed by atoms with E-state index in [9.17, 15) is 9.90 Å². The molecule has 2 N–H and O–H groups in total. The molecule has 4 nitrogen and oxygen atoms in total. The van der Waals surface area contributed by atoms with E-state index in [0.717, 1.165) is 5.69 Å². The molecule has 0 atom stereocenters. The van der Waals surface area contributed by atoms with Crippen molar-refractivity contribution in [3.8, 4) is 5.75 Å². The van der Waals surface area contributed by atoms with Crippen molar-refractivity contribution in [1.29, 1.82) is 0 Å². The van der Waals surface area contributed by atoms with Gasteiger partial charge >= 0.3 is 0 Å². The fourth-order valence-electron chi connectivity index (χ4n) is 1.66. The Bertz CT molecular complexity index is 427. The zero-order valence-electron chi connectivity index (χ0n) is 9.03. The molecule has 0 saturated carbocycles. The smallest absolute Gasteiger partial charge is 0.249 e. The van der Waals surface area contributed by atoms with Gasteiger partial charge in [0.1, 0.15) is 17.0 Å². The topological polar surface area (TPSA) is 52.6 Å². The number of likely N-dealkylation sites (N-methyl/N-ethyl adjacent to an activating group) is 1. The first-order valence-corrected chi connectivity index (χ1v) is 4.82. The Morgan fingerprint density at radius 3 is 2.73 bits per heavy atom. The monoisotopic (exact) mass is 206 g/mol. The third-order valence-electron chi connectivity index (χ3n) is 3.01. The van der Waals surface area contributed by atoms with Crippen LogP contribution in [0.2, 0.25) is 0 Å². The molecule has 1 heterocycles. The van der Waals surface area contributed by atoms with Crippen molar-refractivity contribution in [3.63, 3.8) is 0 Å². The van der Waals surface area contributed by atoms with E-state index in [0.29, 0.717) is 5.69 Å². The lowest BCUT2D eigenvalue weighted by atomic mass is 9.97. The average Bonchev–Trinajstić information content (AvgIpc) is 2.18. The zero-order valence-corrected chi connectivity index (χ0v) is 9.03. The Hall–Kier alpha value is -1.71. The molecule has 0 fully saturated rings. The number of benzene rings is 1. The molecule has 0 bridgehead atoms. The summed E-state index contributed by atoms with van der Waals surface area (Å²) >= 11 is 0. The highest BCUT2D eigenvalue weighted by Gasteiger charge is 2.38. The number of hydrogen-bond acceptors (Lipinski definition) is 3. The number of phenols is 1. The largest absolute Gasteiger partial charge is 0.506 e. The van der Waals surface area contributed by atoms with E-state index in [1.807, 2.05) is 31.9 Å². The van der Waals surface area contributed by atoms with Gasteiger partial charge in [0.15, 0.2) is 0 Å². The maximum absolute atomic E-state index is 11.8. The van der Waals surface area contributed by atoms with Crippen LogP contribution in [-0.4, -0.2) is 23.6 Å². The summed E-state index contributed by atoms with van der Waals surface area (Å²) in [5.41, 5.74) is 0.727. The number of phenolic OH excluding ortho intramolecular Hbond substituents is 1. The van der Waals surface area contributed by atoms with Gasteiger partial charge in [0.05, 0.1) is 5.69 Å². The van der Waals surface area contributed by atoms with Crippen LogP contribution in [0.5, 0.6) is 5.75 Å². The molecule has 4 heteroatoms. The van der Waals surface area contributed by atoms with Crippen LogP contribution in [0.3, 0.4) is 0 Å². The minimum absolute atomic E-state index is 0.100. The molecule has 1 aliphatic rings. The number of nitrogens with one attached hydrogen (secondary N) is 1. The number of carbonyl (C=O) groups excluding carboxylic acids is 1. The quantitative estimate of drug-likeness (QED) is 0.633. The van der Waals surface area contributed by atoms with Crippen molar-refractivity contribution in [2.75, 3.05) is 17.3 Å². The lowest BCUT2D eigenvalue weighted by Crippen LogP contribution is -2.54. The summed E-state index contributed by atoms with van der Waals surface area (Å²) < 4.78 is 0. The lowest BCUT2D eigenvalue weighted by Gasteiger charge is -2.41. The molecular weight excluding hydrogens is 192 g/mol. The predicted molar refractivity (Wildman–Crippen MR) is 59.2 cm³/mol. The number of nitrogens with zero attached hydrogens (tertiary/aromatic N) is 1. The van der Waals surface area contributed by atoms with Crippen LogP contribution >= 0.6 is 0 Å². The predicted octanol–water partition coefficient (Wildman–Crippen LogP) is 1.56. The summed E-state index contributed by atoms with van der Waals surface area (Å²) in [7, 11) is 1.84. The SMILES string of the molecule is CN1c2cccc(O)c2NC(=O)C1(C)C. The Morgan fingerprint density at radius 1 is 1.40 bits per heavy atom. The summed E-state index contributed by atoms with van der Waals surface area (Å²) in [5, 5.41) is 12.3. The summed E-state index contributed by atoms with van der Waals surface area (Å²) in [6, 6.07) is 5.19. The number of rotatable bonds is 0. The van der Waals surface area contributed by atoms with Gasteiger partial charge in [-0.25, -0.2) is 0 Å². The third-order valence-corrected chi connectivity index (χ3v) is 3.01. The highest BCUT2D eigenvalue weighted by Crippen LogP contribution is 2.40. The first-order valence-electron chi connectivity index (χ1n) is 4.82. The maximum atomic E-state index is 11.8. The lowest BCUT2D eigenvalue weighted by molar-refractivity contribution is -0.120. The summed E-state index contributed by atoms with van der Waals surface area (Å²) in [4.78, 5) is 13.6. The molecule has 0 spiro atoms. The Balaban J connectivity index is 2.61. The van der Waals surface area contributed by atoms with Crippen molar-refractivity contribution in [3.05, 3.63) is 18.2 Å². The van der Waals surface area contributed by atoms with Crippen LogP contribution < -0.4 is 10.2 Å². The molecule has 1 aromatic rings. The molecule has 80 valence electrons. The maximum Gasteiger partial charge on any atom is 0.249 e. The summed E-state index contributed by atoms with van der Waals surface area (Å²) in [6.07, 6.45) is 0. The van der Waals surface area contributed by atoms with Crippen molar-refractivity contribution in [2.45, 2.75) is 19.4 Å². The highest BCUT2D eigenvalue weighted by atomic mass is 16.3. The first-order chi connectivity index (χ1) is 6.94. The number of carbonyl (C=O) groups is 1. The van der Waals surface area contributed by atoms with Gasteiger partial charge in [0, 0.05) is 7.05 Å². The van der Waals surface area contributed by atoms with E-state index in [1.165, 1.54) is 0 Å². The second-order valence-electron chi connectivity index (χ2n) is 4.24. The number of fused-ring (bicyclic) bond motifs is 1. The van der Waals surface area contributed by atoms with Gasteiger partial charge in [-0.2, -0.15) is 0 Å². The average molecular weight is 206 g/mol. The van der Waals surface area contributed by atoms with E-state index in [-0.39, 0.29) is 11.7 Å². The van der Waals surface area contributed by atoms with E-state index in [2.05, 4.69) is 5.32 Å². The Labute approximate surface area is 88.5 Å². The minimum Gasteiger partial charge on any atom is -0.506 e. The summed E-state index contributed by atoms with van der Waals surface area (Å²) in [5.74, 6) is -0.0119. The van der Waals surface area contributed by atoms with Crippen LogP contribution in [0, 0.1) is 0 Å². The van der Waals surface area contributed by atoms with Gasteiger partial charge in [-0.15, -0.1) is 0 Å². The minimum atomic E-state index is -0.596. The van der Waals surface area contributed by atoms with Crippen molar-refractivity contribution >= 4 is 17.3 Å². The molecule has 15 heavy (non-hydrogen) atoms. The molecule has 1 amide bonds. The number of anilines is 2. The first kappa shape index (κ1) is 9.83. The molecule has 0 unspecified atom stereocenters. The molecule has 0 radical (unpaired) electrons. The summed E-state index contributed by atoms with van der Waals surface area (Å²) in [6.45, 7) is 3.69. The standard InChI is InChI=1S/C11H14N2O2/c1-11(2)10(15)12-9-7(13(11)3)5-4-6-8(9)14/h4-6,14H,1-3H3,(H,12,15). The Morgan fingerprint density at radius 2 is 2.07 bits per heavy atom. The molecule has 1 aromatic carbocycles. The van der Waals surface area contributed by atoms with Gasteiger partial charge in [-0.3, -0.25) is 4.79 Å². The second-order valence-corrected chi connectivity index (χ2v) is 4.24. The molecule has 0 saturated heterocycles. The van der Waals surface area contributed by atoms with Crippen LogP contribution in [0.15, 0.2) is 18.2 Å². The number of aromatic hydroxyl groups is 1. The molecule has 0 aromatic heterocycles. The Kier molecular flexibility index (Phi) is 1.89. The number of amides is 1. The van der Waals surface area contributed by atoms with Gasteiger partial charge < -0.3 is 15.3 Å². The highest BCUT2D eigenvalue weighted by molar-refractivity contribution is 6.07. The molecular formula is C11H14N2O2. The van der Waals surface area contributed by atoms with Gasteiger partial charge in [-0.1, -0.05) is 6.07 Å².